The highest BCUT2D eigenvalue weighted by molar-refractivity contribution is 4.79. The zero-order valence-electron chi connectivity index (χ0n) is 12.6. The second-order valence-corrected chi connectivity index (χ2v) is 5.70. The molecule has 18 heavy (non-hydrogen) atoms. The predicted molar refractivity (Wildman–Crippen MR) is 75.6 cm³/mol. The SMILES string of the molecule is CCOC(CCNC1CC(C)CC(C)C1)OCC. The van der Waals surface area contributed by atoms with E-state index in [4.69, 9.17) is 9.47 Å². The molecule has 0 aromatic rings. The van der Waals surface area contributed by atoms with Gasteiger partial charge >= 0.3 is 0 Å². The van der Waals surface area contributed by atoms with Crippen LogP contribution < -0.4 is 5.32 Å². The maximum Gasteiger partial charge on any atom is 0.158 e. The van der Waals surface area contributed by atoms with Crippen LogP contribution in [0.2, 0.25) is 0 Å². The highest BCUT2D eigenvalue weighted by Gasteiger charge is 2.23. The van der Waals surface area contributed by atoms with E-state index in [-0.39, 0.29) is 6.29 Å². The summed E-state index contributed by atoms with van der Waals surface area (Å²) < 4.78 is 11.1. The fraction of sp³-hybridized carbons (Fsp3) is 1.00. The van der Waals surface area contributed by atoms with Crippen molar-refractivity contribution in [2.45, 2.75) is 65.7 Å². The molecular formula is C15H31NO2. The molecule has 108 valence electrons. The first-order chi connectivity index (χ1) is 8.65. The zero-order chi connectivity index (χ0) is 13.4. The minimum Gasteiger partial charge on any atom is -0.353 e. The number of nitrogens with one attached hydrogen (secondary N) is 1. The molecule has 0 saturated heterocycles. The number of ether oxygens (including phenoxy) is 2. The molecular weight excluding hydrogens is 226 g/mol. The smallest absolute Gasteiger partial charge is 0.158 e. The Balaban J connectivity index is 2.18. The van der Waals surface area contributed by atoms with Crippen molar-refractivity contribution in [3.05, 3.63) is 0 Å². The largest absolute Gasteiger partial charge is 0.353 e. The van der Waals surface area contributed by atoms with Crippen molar-refractivity contribution >= 4 is 0 Å². The molecule has 0 spiro atoms. The second kappa shape index (κ2) is 8.89. The maximum atomic E-state index is 5.55. The highest BCUT2D eigenvalue weighted by Crippen LogP contribution is 2.28. The van der Waals surface area contributed by atoms with Crippen LogP contribution in [0.5, 0.6) is 0 Å². The van der Waals surface area contributed by atoms with E-state index >= 15 is 0 Å². The summed E-state index contributed by atoms with van der Waals surface area (Å²) in [5, 5.41) is 3.67. The molecule has 0 heterocycles. The Morgan fingerprint density at radius 1 is 1.00 bits per heavy atom. The van der Waals surface area contributed by atoms with Gasteiger partial charge in [0.1, 0.15) is 0 Å². The van der Waals surface area contributed by atoms with E-state index < -0.39 is 0 Å². The van der Waals surface area contributed by atoms with Crippen molar-refractivity contribution in [3.63, 3.8) is 0 Å². The van der Waals surface area contributed by atoms with Crippen LogP contribution in [0.1, 0.15) is 53.4 Å². The van der Waals surface area contributed by atoms with Crippen LogP contribution in [0.15, 0.2) is 0 Å². The Kier molecular flexibility index (Phi) is 7.87. The van der Waals surface area contributed by atoms with Gasteiger partial charge in [-0.2, -0.15) is 0 Å². The maximum absolute atomic E-state index is 5.55. The summed E-state index contributed by atoms with van der Waals surface area (Å²) >= 11 is 0. The number of rotatable bonds is 8. The van der Waals surface area contributed by atoms with Crippen LogP contribution in [0, 0.1) is 11.8 Å². The molecule has 0 amide bonds. The zero-order valence-corrected chi connectivity index (χ0v) is 12.6. The van der Waals surface area contributed by atoms with E-state index in [1.807, 2.05) is 13.8 Å². The minimum atomic E-state index is -0.0362. The van der Waals surface area contributed by atoms with Gasteiger partial charge in [-0.15, -0.1) is 0 Å². The second-order valence-electron chi connectivity index (χ2n) is 5.70. The lowest BCUT2D eigenvalue weighted by Gasteiger charge is -2.32. The van der Waals surface area contributed by atoms with Crippen LogP contribution in [0.25, 0.3) is 0 Å². The van der Waals surface area contributed by atoms with E-state index in [1.165, 1.54) is 19.3 Å². The average molecular weight is 257 g/mol. The van der Waals surface area contributed by atoms with Gasteiger partial charge in [-0.05, 0) is 44.9 Å². The van der Waals surface area contributed by atoms with E-state index in [9.17, 15) is 0 Å². The van der Waals surface area contributed by atoms with Crippen molar-refractivity contribution in [1.82, 2.24) is 5.32 Å². The lowest BCUT2D eigenvalue weighted by Crippen LogP contribution is -2.38. The first kappa shape index (κ1) is 15.9. The molecule has 3 nitrogen and oxygen atoms in total. The van der Waals surface area contributed by atoms with Gasteiger partial charge in [-0.25, -0.2) is 0 Å². The van der Waals surface area contributed by atoms with Gasteiger partial charge < -0.3 is 14.8 Å². The standard InChI is InChI=1S/C15H31NO2/c1-5-17-15(18-6-2)7-8-16-14-10-12(3)9-13(4)11-14/h12-16H,5-11H2,1-4H3. The third kappa shape index (κ3) is 6.17. The Labute approximate surface area is 113 Å². The summed E-state index contributed by atoms with van der Waals surface area (Å²) in [5.41, 5.74) is 0. The van der Waals surface area contributed by atoms with Crippen LogP contribution in [-0.2, 0) is 9.47 Å². The molecule has 3 heteroatoms. The molecule has 1 saturated carbocycles. The van der Waals surface area contributed by atoms with Gasteiger partial charge in [0, 0.05) is 32.2 Å². The summed E-state index contributed by atoms with van der Waals surface area (Å²) in [7, 11) is 0. The molecule has 1 aliphatic rings. The molecule has 0 bridgehead atoms. The van der Waals surface area contributed by atoms with Crippen LogP contribution >= 0.6 is 0 Å². The third-order valence-corrected chi connectivity index (χ3v) is 3.70. The monoisotopic (exact) mass is 257 g/mol. The third-order valence-electron chi connectivity index (χ3n) is 3.70. The van der Waals surface area contributed by atoms with E-state index in [0.717, 1.165) is 38.0 Å². The lowest BCUT2D eigenvalue weighted by molar-refractivity contribution is -0.138. The number of hydrogen-bond acceptors (Lipinski definition) is 3. The summed E-state index contributed by atoms with van der Waals surface area (Å²) in [5.74, 6) is 1.72. The molecule has 2 atom stereocenters. The summed E-state index contributed by atoms with van der Waals surface area (Å²) in [4.78, 5) is 0. The normalized spacial score (nSPS) is 28.8. The van der Waals surface area contributed by atoms with Crippen molar-refractivity contribution in [1.29, 1.82) is 0 Å². The van der Waals surface area contributed by atoms with Gasteiger partial charge in [-0.1, -0.05) is 13.8 Å². The molecule has 2 unspecified atom stereocenters. The lowest BCUT2D eigenvalue weighted by atomic mass is 9.80. The van der Waals surface area contributed by atoms with Crippen molar-refractivity contribution in [3.8, 4) is 0 Å². The molecule has 1 N–H and O–H groups in total. The topological polar surface area (TPSA) is 30.5 Å². The highest BCUT2D eigenvalue weighted by atomic mass is 16.7. The van der Waals surface area contributed by atoms with Crippen LogP contribution in [0.4, 0.5) is 0 Å². The Hall–Kier alpha value is -0.120. The first-order valence-electron chi connectivity index (χ1n) is 7.62. The molecule has 1 rings (SSSR count). The quantitative estimate of drug-likeness (QED) is 0.677. The van der Waals surface area contributed by atoms with Gasteiger partial charge in [0.25, 0.3) is 0 Å². The Morgan fingerprint density at radius 3 is 2.06 bits per heavy atom. The van der Waals surface area contributed by atoms with E-state index in [0.29, 0.717) is 6.04 Å². The van der Waals surface area contributed by atoms with Crippen LogP contribution in [0.3, 0.4) is 0 Å². The van der Waals surface area contributed by atoms with Crippen molar-refractivity contribution < 1.29 is 9.47 Å². The van der Waals surface area contributed by atoms with Gasteiger partial charge in [0.15, 0.2) is 6.29 Å². The minimum absolute atomic E-state index is 0.0362. The fourth-order valence-corrected chi connectivity index (χ4v) is 3.11. The van der Waals surface area contributed by atoms with Gasteiger partial charge in [0.05, 0.1) is 0 Å². The molecule has 0 aromatic carbocycles. The molecule has 0 aliphatic heterocycles. The van der Waals surface area contributed by atoms with Crippen LogP contribution in [-0.4, -0.2) is 32.1 Å². The summed E-state index contributed by atoms with van der Waals surface area (Å²) in [6.45, 7) is 11.2. The van der Waals surface area contributed by atoms with Crippen molar-refractivity contribution in [2.24, 2.45) is 11.8 Å². The van der Waals surface area contributed by atoms with Gasteiger partial charge in [0.2, 0.25) is 0 Å². The Morgan fingerprint density at radius 2 is 1.56 bits per heavy atom. The molecule has 0 aromatic heterocycles. The van der Waals surface area contributed by atoms with E-state index in [2.05, 4.69) is 19.2 Å². The Bertz CT molecular complexity index is 195. The molecule has 1 fully saturated rings. The van der Waals surface area contributed by atoms with E-state index in [1.54, 1.807) is 0 Å². The average Bonchev–Trinajstić information content (AvgIpc) is 2.28. The predicted octanol–water partition coefficient (Wildman–Crippen LogP) is 3.19. The van der Waals surface area contributed by atoms with Crippen molar-refractivity contribution in [2.75, 3.05) is 19.8 Å². The molecule has 1 aliphatic carbocycles. The van der Waals surface area contributed by atoms with Gasteiger partial charge in [-0.3, -0.25) is 0 Å². The number of hydrogen-bond donors (Lipinski definition) is 1. The first-order valence-corrected chi connectivity index (χ1v) is 7.62. The molecule has 0 radical (unpaired) electrons. The summed E-state index contributed by atoms with van der Waals surface area (Å²) in [6.07, 6.45) is 4.93. The summed E-state index contributed by atoms with van der Waals surface area (Å²) in [6, 6.07) is 0.688. The fourth-order valence-electron chi connectivity index (χ4n) is 3.11.